The SMILES string of the molecule is O=C(Oc1ccc2ncnc(Nc3ccc(Oc4ccccc4)nc3)c2n1)N1CCCCC1. The van der Waals surface area contributed by atoms with Gasteiger partial charge in [0.2, 0.25) is 11.8 Å². The van der Waals surface area contributed by atoms with Gasteiger partial charge in [-0.05, 0) is 43.5 Å². The molecule has 0 saturated carbocycles. The van der Waals surface area contributed by atoms with Crippen LogP contribution >= 0.6 is 0 Å². The average Bonchev–Trinajstić information content (AvgIpc) is 2.87. The van der Waals surface area contributed by atoms with Crippen LogP contribution in [0, 0.1) is 0 Å². The number of fused-ring (bicyclic) bond motifs is 1. The number of amides is 1. The van der Waals surface area contributed by atoms with E-state index in [0.29, 0.717) is 47.3 Å². The van der Waals surface area contributed by atoms with Crippen molar-refractivity contribution >= 4 is 28.6 Å². The highest BCUT2D eigenvalue weighted by molar-refractivity contribution is 5.87. The topological polar surface area (TPSA) is 102 Å². The van der Waals surface area contributed by atoms with Crippen molar-refractivity contribution in [2.24, 2.45) is 0 Å². The van der Waals surface area contributed by atoms with E-state index in [1.54, 1.807) is 29.3 Å². The lowest BCUT2D eigenvalue weighted by molar-refractivity contribution is 0.141. The van der Waals surface area contributed by atoms with Gasteiger partial charge in [-0.25, -0.2) is 24.7 Å². The van der Waals surface area contributed by atoms with Crippen LogP contribution in [0.1, 0.15) is 19.3 Å². The molecule has 1 N–H and O–H groups in total. The first-order chi connectivity index (χ1) is 16.2. The zero-order valence-corrected chi connectivity index (χ0v) is 17.8. The number of carbonyl (C=O) groups excluding carboxylic acids is 1. The zero-order chi connectivity index (χ0) is 22.5. The third kappa shape index (κ3) is 4.98. The highest BCUT2D eigenvalue weighted by atomic mass is 16.6. The summed E-state index contributed by atoms with van der Waals surface area (Å²) in [7, 11) is 0. The Morgan fingerprint density at radius 1 is 0.879 bits per heavy atom. The van der Waals surface area contributed by atoms with Gasteiger partial charge in [0.15, 0.2) is 5.82 Å². The number of nitrogens with one attached hydrogen (secondary N) is 1. The van der Waals surface area contributed by atoms with E-state index in [1.165, 1.54) is 6.33 Å². The van der Waals surface area contributed by atoms with Crippen molar-refractivity contribution < 1.29 is 14.3 Å². The predicted octanol–water partition coefficient (Wildman–Crippen LogP) is 4.94. The summed E-state index contributed by atoms with van der Waals surface area (Å²) >= 11 is 0. The fourth-order valence-electron chi connectivity index (χ4n) is 3.56. The van der Waals surface area contributed by atoms with E-state index in [0.717, 1.165) is 19.3 Å². The molecule has 1 saturated heterocycles. The Kier molecular flexibility index (Phi) is 5.92. The van der Waals surface area contributed by atoms with Crippen LogP contribution in [-0.4, -0.2) is 44.0 Å². The molecule has 166 valence electrons. The lowest BCUT2D eigenvalue weighted by Crippen LogP contribution is -2.37. The second-order valence-electron chi connectivity index (χ2n) is 7.58. The molecule has 33 heavy (non-hydrogen) atoms. The Morgan fingerprint density at radius 3 is 2.48 bits per heavy atom. The Bertz CT molecular complexity index is 1240. The summed E-state index contributed by atoms with van der Waals surface area (Å²) in [6.45, 7) is 1.42. The molecule has 0 bridgehead atoms. The molecule has 1 fully saturated rings. The van der Waals surface area contributed by atoms with Gasteiger partial charge in [0.25, 0.3) is 0 Å². The van der Waals surface area contributed by atoms with Crippen molar-refractivity contribution in [1.82, 2.24) is 24.8 Å². The van der Waals surface area contributed by atoms with Gasteiger partial charge in [-0.15, -0.1) is 0 Å². The van der Waals surface area contributed by atoms with Crippen LogP contribution in [0.2, 0.25) is 0 Å². The van der Waals surface area contributed by atoms with Gasteiger partial charge in [-0.1, -0.05) is 18.2 Å². The second kappa shape index (κ2) is 9.47. The molecule has 1 aliphatic rings. The number of likely N-dealkylation sites (tertiary alicyclic amines) is 1. The summed E-state index contributed by atoms with van der Waals surface area (Å²) in [6, 6.07) is 16.4. The first kappa shape index (κ1) is 20.6. The van der Waals surface area contributed by atoms with E-state index in [9.17, 15) is 4.79 Å². The Hall–Kier alpha value is -4.27. The number of pyridine rings is 2. The molecule has 0 unspecified atom stereocenters. The molecule has 0 spiro atoms. The molecule has 4 aromatic rings. The summed E-state index contributed by atoms with van der Waals surface area (Å²) in [6.07, 6.45) is 5.83. The minimum Gasteiger partial charge on any atom is -0.439 e. The van der Waals surface area contributed by atoms with Gasteiger partial charge in [0, 0.05) is 25.2 Å². The maximum Gasteiger partial charge on any atom is 0.416 e. The molecule has 1 aliphatic heterocycles. The van der Waals surface area contributed by atoms with Gasteiger partial charge in [-0.2, -0.15) is 0 Å². The Labute approximate surface area is 190 Å². The Morgan fingerprint density at radius 2 is 1.70 bits per heavy atom. The molecule has 3 aromatic heterocycles. The van der Waals surface area contributed by atoms with Crippen molar-refractivity contribution in [3.63, 3.8) is 0 Å². The number of carbonyl (C=O) groups is 1. The quantitative estimate of drug-likeness (QED) is 0.464. The maximum atomic E-state index is 12.4. The van der Waals surface area contributed by atoms with Crippen LogP contribution < -0.4 is 14.8 Å². The smallest absolute Gasteiger partial charge is 0.416 e. The third-order valence-corrected chi connectivity index (χ3v) is 5.23. The second-order valence-corrected chi connectivity index (χ2v) is 7.58. The number of benzene rings is 1. The summed E-state index contributed by atoms with van der Waals surface area (Å²) in [5, 5.41) is 3.20. The van der Waals surface area contributed by atoms with Crippen molar-refractivity contribution in [1.29, 1.82) is 0 Å². The summed E-state index contributed by atoms with van der Waals surface area (Å²) < 4.78 is 11.2. The number of piperidine rings is 1. The van der Waals surface area contributed by atoms with Crippen LogP contribution in [-0.2, 0) is 0 Å². The fraction of sp³-hybridized carbons (Fsp3) is 0.208. The number of para-hydroxylation sites is 1. The molecular weight excluding hydrogens is 420 g/mol. The van der Waals surface area contributed by atoms with Gasteiger partial charge in [0.1, 0.15) is 17.6 Å². The van der Waals surface area contributed by atoms with Crippen molar-refractivity contribution in [3.05, 3.63) is 67.1 Å². The van der Waals surface area contributed by atoms with E-state index in [2.05, 4.69) is 25.3 Å². The lowest BCUT2D eigenvalue weighted by atomic mass is 10.1. The number of hydrogen-bond donors (Lipinski definition) is 1. The highest BCUT2D eigenvalue weighted by Gasteiger charge is 2.19. The van der Waals surface area contributed by atoms with Gasteiger partial charge in [0.05, 0.1) is 17.4 Å². The molecule has 1 aromatic carbocycles. The minimum atomic E-state index is -0.383. The standard InChI is InChI=1S/C24H22N6O3/c31-24(30-13-5-2-6-14-30)33-21-12-10-19-22(29-21)23(27-16-26-19)28-17-9-11-20(25-15-17)32-18-7-3-1-4-8-18/h1,3-4,7-12,15-16H,2,5-6,13-14H2,(H,26,27,28). The van der Waals surface area contributed by atoms with E-state index >= 15 is 0 Å². The fourth-order valence-corrected chi connectivity index (χ4v) is 3.56. The van der Waals surface area contributed by atoms with Crippen molar-refractivity contribution in [2.45, 2.75) is 19.3 Å². The van der Waals surface area contributed by atoms with Gasteiger partial charge >= 0.3 is 6.09 Å². The molecule has 0 radical (unpaired) electrons. The van der Waals surface area contributed by atoms with E-state index in [1.807, 2.05) is 36.4 Å². The van der Waals surface area contributed by atoms with Crippen molar-refractivity contribution in [2.75, 3.05) is 18.4 Å². The van der Waals surface area contributed by atoms with E-state index in [-0.39, 0.29) is 12.0 Å². The maximum absolute atomic E-state index is 12.4. The largest absolute Gasteiger partial charge is 0.439 e. The number of ether oxygens (including phenoxy) is 2. The van der Waals surface area contributed by atoms with Crippen LogP contribution in [0.4, 0.5) is 16.3 Å². The molecule has 0 aliphatic carbocycles. The predicted molar refractivity (Wildman–Crippen MR) is 123 cm³/mol. The summed E-state index contributed by atoms with van der Waals surface area (Å²) in [4.78, 5) is 31.5. The van der Waals surface area contributed by atoms with Crippen LogP contribution in [0.5, 0.6) is 17.5 Å². The molecule has 1 amide bonds. The molecule has 9 heteroatoms. The molecule has 5 rings (SSSR count). The van der Waals surface area contributed by atoms with Gasteiger partial charge < -0.3 is 19.7 Å². The third-order valence-electron chi connectivity index (χ3n) is 5.23. The van der Waals surface area contributed by atoms with Crippen LogP contribution in [0.25, 0.3) is 11.0 Å². The molecule has 4 heterocycles. The molecule has 0 atom stereocenters. The highest BCUT2D eigenvalue weighted by Crippen LogP contribution is 2.25. The summed E-state index contributed by atoms with van der Waals surface area (Å²) in [5.74, 6) is 1.88. The first-order valence-corrected chi connectivity index (χ1v) is 10.8. The number of anilines is 2. The average molecular weight is 442 g/mol. The number of aromatic nitrogens is 4. The molecular formula is C24H22N6O3. The summed E-state index contributed by atoms with van der Waals surface area (Å²) in [5.41, 5.74) is 1.82. The monoisotopic (exact) mass is 442 g/mol. The number of hydrogen-bond acceptors (Lipinski definition) is 8. The number of rotatable bonds is 5. The van der Waals surface area contributed by atoms with Crippen LogP contribution in [0.3, 0.4) is 0 Å². The molecule has 9 nitrogen and oxygen atoms in total. The van der Waals surface area contributed by atoms with E-state index in [4.69, 9.17) is 9.47 Å². The normalized spacial score (nSPS) is 13.5. The van der Waals surface area contributed by atoms with E-state index < -0.39 is 0 Å². The van der Waals surface area contributed by atoms with Crippen molar-refractivity contribution in [3.8, 4) is 17.5 Å². The Balaban J connectivity index is 1.32. The lowest BCUT2D eigenvalue weighted by Gasteiger charge is -2.25. The zero-order valence-electron chi connectivity index (χ0n) is 17.8. The minimum absolute atomic E-state index is 0.209. The first-order valence-electron chi connectivity index (χ1n) is 10.8. The van der Waals surface area contributed by atoms with Crippen LogP contribution in [0.15, 0.2) is 67.1 Å². The van der Waals surface area contributed by atoms with Gasteiger partial charge in [-0.3, -0.25) is 0 Å². The number of nitrogens with zero attached hydrogens (tertiary/aromatic N) is 5.